The van der Waals surface area contributed by atoms with E-state index in [9.17, 15) is 9.90 Å². The number of rotatable bonds is 4. The predicted molar refractivity (Wildman–Crippen MR) is 67.7 cm³/mol. The number of nitrogens with zero attached hydrogens (tertiary/aromatic N) is 1. The Kier molecular flexibility index (Phi) is 3.72. The van der Waals surface area contributed by atoms with Crippen LogP contribution in [0, 0.1) is 0 Å². The van der Waals surface area contributed by atoms with E-state index in [1.165, 1.54) is 0 Å². The minimum absolute atomic E-state index is 0.00669. The summed E-state index contributed by atoms with van der Waals surface area (Å²) in [5, 5.41) is 12.2. The zero-order valence-corrected chi connectivity index (χ0v) is 10.6. The highest BCUT2D eigenvalue weighted by atomic mass is 16.5. The first-order chi connectivity index (χ1) is 8.61. The third-order valence-electron chi connectivity index (χ3n) is 3.05. The number of carbonyl (C=O) groups excluding carboxylic acids is 1. The highest BCUT2D eigenvalue weighted by Gasteiger charge is 2.28. The molecule has 1 aromatic carbocycles. The van der Waals surface area contributed by atoms with Crippen LogP contribution in [0.25, 0.3) is 0 Å². The summed E-state index contributed by atoms with van der Waals surface area (Å²) in [7, 11) is 1.89. The third-order valence-corrected chi connectivity index (χ3v) is 3.05. The van der Waals surface area contributed by atoms with Crippen molar-refractivity contribution in [2.75, 3.05) is 26.7 Å². The molecule has 0 aromatic heterocycles. The molecule has 1 unspecified atom stereocenters. The molecule has 0 fully saturated rings. The predicted octanol–water partition coefficient (Wildman–Crippen LogP) is 0.894. The fraction of sp³-hybridized carbons (Fsp3) is 0.462. The van der Waals surface area contributed by atoms with Crippen LogP contribution in [0.15, 0.2) is 18.2 Å². The summed E-state index contributed by atoms with van der Waals surface area (Å²) in [5.74, 6) is 0.899. The van der Waals surface area contributed by atoms with Gasteiger partial charge in [0.1, 0.15) is 18.1 Å². The zero-order chi connectivity index (χ0) is 13.1. The molecule has 1 aromatic rings. The van der Waals surface area contributed by atoms with E-state index in [1.54, 1.807) is 12.1 Å². The maximum absolute atomic E-state index is 11.5. The third kappa shape index (κ3) is 2.56. The molecule has 1 aliphatic rings. The van der Waals surface area contributed by atoms with Crippen LogP contribution in [0.2, 0.25) is 0 Å². The van der Waals surface area contributed by atoms with Crippen LogP contribution >= 0.6 is 0 Å². The average molecular weight is 250 g/mol. The van der Waals surface area contributed by atoms with E-state index in [4.69, 9.17) is 4.74 Å². The summed E-state index contributed by atoms with van der Waals surface area (Å²) in [5.41, 5.74) is 1.01. The second kappa shape index (κ2) is 5.27. The van der Waals surface area contributed by atoms with Gasteiger partial charge in [-0.2, -0.15) is 0 Å². The fourth-order valence-corrected chi connectivity index (χ4v) is 2.14. The lowest BCUT2D eigenvalue weighted by Gasteiger charge is -2.22. The largest absolute Gasteiger partial charge is 0.508 e. The van der Waals surface area contributed by atoms with Gasteiger partial charge in [0.25, 0.3) is 0 Å². The Morgan fingerprint density at radius 3 is 3.11 bits per heavy atom. The standard InChI is InChI=1S/C13H18N2O3/c1-3-14-13(17)7-15(2)11-8-18-12-6-9(16)4-5-10(11)12/h4-6,11,16H,3,7-8H2,1-2H3,(H,14,17). The van der Waals surface area contributed by atoms with E-state index < -0.39 is 0 Å². The van der Waals surface area contributed by atoms with Crippen LogP contribution in [0.3, 0.4) is 0 Å². The van der Waals surface area contributed by atoms with E-state index >= 15 is 0 Å². The van der Waals surface area contributed by atoms with Gasteiger partial charge in [-0.15, -0.1) is 0 Å². The molecule has 1 aliphatic heterocycles. The lowest BCUT2D eigenvalue weighted by Crippen LogP contribution is -2.37. The molecule has 2 N–H and O–H groups in total. The second-order valence-corrected chi connectivity index (χ2v) is 4.42. The number of amides is 1. The van der Waals surface area contributed by atoms with Gasteiger partial charge in [0, 0.05) is 18.2 Å². The van der Waals surface area contributed by atoms with Crippen molar-refractivity contribution in [2.24, 2.45) is 0 Å². The van der Waals surface area contributed by atoms with Crippen molar-refractivity contribution < 1.29 is 14.6 Å². The number of benzene rings is 1. The second-order valence-electron chi connectivity index (χ2n) is 4.42. The SMILES string of the molecule is CCNC(=O)CN(C)C1COc2cc(O)ccc21. The lowest BCUT2D eigenvalue weighted by atomic mass is 10.1. The van der Waals surface area contributed by atoms with Gasteiger partial charge in [0.2, 0.25) is 5.91 Å². The van der Waals surface area contributed by atoms with Crippen LogP contribution in [0.4, 0.5) is 0 Å². The van der Waals surface area contributed by atoms with Crippen molar-refractivity contribution in [3.8, 4) is 11.5 Å². The number of likely N-dealkylation sites (N-methyl/N-ethyl adjacent to an activating group) is 2. The molecule has 98 valence electrons. The van der Waals surface area contributed by atoms with E-state index in [0.717, 1.165) is 5.56 Å². The molecule has 0 spiro atoms. The van der Waals surface area contributed by atoms with Crippen LogP contribution in [-0.4, -0.2) is 42.7 Å². The molecule has 18 heavy (non-hydrogen) atoms. The minimum atomic E-state index is 0.00669. The molecule has 0 saturated heterocycles. The molecule has 0 aliphatic carbocycles. The number of phenolic OH excluding ortho intramolecular Hbond substituents is 1. The Labute approximate surface area is 106 Å². The van der Waals surface area contributed by atoms with Crippen LogP contribution in [-0.2, 0) is 4.79 Å². The summed E-state index contributed by atoms with van der Waals surface area (Å²) >= 11 is 0. The van der Waals surface area contributed by atoms with Gasteiger partial charge in [0.05, 0.1) is 12.6 Å². The Balaban J connectivity index is 2.06. The monoisotopic (exact) mass is 250 g/mol. The van der Waals surface area contributed by atoms with Crippen LogP contribution in [0.1, 0.15) is 18.5 Å². The summed E-state index contributed by atoms with van der Waals surface area (Å²) in [6.07, 6.45) is 0. The molecule has 2 rings (SSSR count). The van der Waals surface area contributed by atoms with Crippen molar-refractivity contribution in [3.63, 3.8) is 0 Å². The van der Waals surface area contributed by atoms with Crippen molar-refractivity contribution >= 4 is 5.91 Å². The minimum Gasteiger partial charge on any atom is -0.508 e. The van der Waals surface area contributed by atoms with Crippen molar-refractivity contribution in [2.45, 2.75) is 13.0 Å². The molecule has 5 heteroatoms. The first-order valence-electron chi connectivity index (χ1n) is 6.04. The van der Waals surface area contributed by atoms with Gasteiger partial charge in [-0.25, -0.2) is 0 Å². The van der Waals surface area contributed by atoms with E-state index in [1.807, 2.05) is 24.9 Å². The Hall–Kier alpha value is -1.75. The summed E-state index contributed by atoms with van der Waals surface area (Å²) in [4.78, 5) is 13.5. The van der Waals surface area contributed by atoms with Crippen LogP contribution < -0.4 is 10.1 Å². The zero-order valence-electron chi connectivity index (χ0n) is 10.6. The number of aromatic hydroxyl groups is 1. The molecule has 5 nitrogen and oxygen atoms in total. The molecule has 0 bridgehead atoms. The van der Waals surface area contributed by atoms with Gasteiger partial charge in [-0.05, 0) is 26.1 Å². The smallest absolute Gasteiger partial charge is 0.234 e. The maximum Gasteiger partial charge on any atom is 0.234 e. The number of phenols is 1. The highest BCUT2D eigenvalue weighted by molar-refractivity contribution is 5.78. The van der Waals surface area contributed by atoms with Gasteiger partial charge in [-0.1, -0.05) is 0 Å². The number of nitrogens with one attached hydrogen (secondary N) is 1. The molecule has 0 saturated carbocycles. The van der Waals surface area contributed by atoms with Gasteiger partial charge < -0.3 is 15.2 Å². The van der Waals surface area contributed by atoms with E-state index in [-0.39, 0.29) is 17.7 Å². The van der Waals surface area contributed by atoms with Crippen molar-refractivity contribution in [3.05, 3.63) is 23.8 Å². The Morgan fingerprint density at radius 1 is 1.61 bits per heavy atom. The van der Waals surface area contributed by atoms with Gasteiger partial charge >= 0.3 is 0 Å². The van der Waals surface area contributed by atoms with Crippen molar-refractivity contribution in [1.29, 1.82) is 0 Å². The summed E-state index contributed by atoms with van der Waals surface area (Å²) in [6, 6.07) is 5.15. The maximum atomic E-state index is 11.5. The van der Waals surface area contributed by atoms with E-state index in [0.29, 0.717) is 25.4 Å². The van der Waals surface area contributed by atoms with Gasteiger partial charge in [0.15, 0.2) is 0 Å². The topological polar surface area (TPSA) is 61.8 Å². The fourth-order valence-electron chi connectivity index (χ4n) is 2.14. The average Bonchev–Trinajstić information content (AvgIpc) is 2.71. The van der Waals surface area contributed by atoms with Crippen molar-refractivity contribution in [1.82, 2.24) is 10.2 Å². The molecular formula is C13H18N2O3. The molecule has 1 heterocycles. The number of ether oxygens (including phenoxy) is 1. The number of hydrogen-bond donors (Lipinski definition) is 2. The quantitative estimate of drug-likeness (QED) is 0.833. The lowest BCUT2D eigenvalue weighted by molar-refractivity contribution is -0.122. The number of hydrogen-bond acceptors (Lipinski definition) is 4. The summed E-state index contributed by atoms with van der Waals surface area (Å²) < 4.78 is 5.52. The first-order valence-corrected chi connectivity index (χ1v) is 6.04. The number of carbonyl (C=O) groups is 1. The van der Waals surface area contributed by atoms with Crippen LogP contribution in [0.5, 0.6) is 11.5 Å². The Bertz CT molecular complexity index is 448. The Morgan fingerprint density at radius 2 is 2.39 bits per heavy atom. The first kappa shape index (κ1) is 12.7. The molecular weight excluding hydrogens is 232 g/mol. The highest BCUT2D eigenvalue weighted by Crippen LogP contribution is 2.37. The molecule has 0 radical (unpaired) electrons. The number of fused-ring (bicyclic) bond motifs is 1. The normalized spacial score (nSPS) is 17.4. The summed E-state index contributed by atoms with van der Waals surface area (Å²) in [6.45, 7) is 3.38. The van der Waals surface area contributed by atoms with E-state index in [2.05, 4.69) is 5.32 Å². The molecule has 1 atom stereocenters. The van der Waals surface area contributed by atoms with Gasteiger partial charge in [-0.3, -0.25) is 9.69 Å². The molecule has 1 amide bonds.